The Balaban J connectivity index is 2.38. The van der Waals surface area contributed by atoms with Gasteiger partial charge in [-0.05, 0) is 18.6 Å². The second-order valence-corrected chi connectivity index (χ2v) is 3.89. The number of anilines is 1. The van der Waals surface area contributed by atoms with E-state index in [1.54, 1.807) is 6.07 Å². The zero-order chi connectivity index (χ0) is 12.3. The Hall–Kier alpha value is -2.10. The number of benzene rings is 1. The molecule has 4 nitrogen and oxygen atoms in total. The van der Waals surface area contributed by atoms with Crippen molar-refractivity contribution in [3.8, 4) is 0 Å². The maximum atomic E-state index is 11.8. The first-order valence-corrected chi connectivity index (χ1v) is 5.48. The first-order valence-electron chi connectivity index (χ1n) is 5.48. The van der Waals surface area contributed by atoms with Gasteiger partial charge in [0.1, 0.15) is 0 Å². The predicted octanol–water partition coefficient (Wildman–Crippen LogP) is 2.07. The third kappa shape index (κ3) is 2.53. The summed E-state index contributed by atoms with van der Waals surface area (Å²) in [6, 6.07) is 7.29. The molecule has 0 fully saturated rings. The minimum atomic E-state index is -0.988. The summed E-state index contributed by atoms with van der Waals surface area (Å²) in [5.74, 6) is -0.870. The van der Waals surface area contributed by atoms with Crippen molar-refractivity contribution in [2.45, 2.75) is 12.8 Å². The molecule has 0 bridgehead atoms. The van der Waals surface area contributed by atoms with E-state index in [0.717, 1.165) is 18.2 Å². The highest BCUT2D eigenvalue weighted by molar-refractivity contribution is 6.02. The highest BCUT2D eigenvalue weighted by atomic mass is 16.4. The van der Waals surface area contributed by atoms with Gasteiger partial charge in [-0.25, -0.2) is 4.79 Å². The van der Waals surface area contributed by atoms with Gasteiger partial charge in [0.15, 0.2) is 5.78 Å². The summed E-state index contributed by atoms with van der Waals surface area (Å²) in [7, 11) is 0. The van der Waals surface area contributed by atoms with E-state index < -0.39 is 5.97 Å². The molecule has 1 aliphatic rings. The SMILES string of the molecule is O=C(O)/C=C/N1CCCC(=O)c2ccccc21. The van der Waals surface area contributed by atoms with Crippen molar-refractivity contribution >= 4 is 17.4 Å². The normalized spacial score (nSPS) is 15.8. The maximum absolute atomic E-state index is 11.8. The van der Waals surface area contributed by atoms with Crippen LogP contribution < -0.4 is 4.90 Å². The van der Waals surface area contributed by atoms with Gasteiger partial charge < -0.3 is 10.0 Å². The lowest BCUT2D eigenvalue weighted by molar-refractivity contribution is -0.131. The highest BCUT2D eigenvalue weighted by Gasteiger charge is 2.18. The van der Waals surface area contributed by atoms with Gasteiger partial charge >= 0.3 is 5.97 Å². The van der Waals surface area contributed by atoms with Crippen molar-refractivity contribution in [3.63, 3.8) is 0 Å². The number of para-hydroxylation sites is 1. The van der Waals surface area contributed by atoms with Crippen molar-refractivity contribution in [2.24, 2.45) is 0 Å². The Morgan fingerprint density at radius 3 is 2.88 bits per heavy atom. The Morgan fingerprint density at radius 1 is 1.35 bits per heavy atom. The fraction of sp³-hybridized carbons (Fsp3) is 0.231. The van der Waals surface area contributed by atoms with Crippen molar-refractivity contribution in [1.29, 1.82) is 0 Å². The number of carboxylic acid groups (broad SMARTS) is 1. The van der Waals surface area contributed by atoms with Crippen LogP contribution in [0.2, 0.25) is 0 Å². The van der Waals surface area contributed by atoms with Crippen LogP contribution in [0.3, 0.4) is 0 Å². The second-order valence-electron chi connectivity index (χ2n) is 3.89. The average molecular weight is 231 g/mol. The molecule has 88 valence electrons. The van der Waals surface area contributed by atoms with E-state index in [0.29, 0.717) is 18.5 Å². The summed E-state index contributed by atoms with van der Waals surface area (Å²) in [6.07, 6.45) is 3.85. The van der Waals surface area contributed by atoms with Gasteiger partial charge in [0.25, 0.3) is 0 Å². The number of carboxylic acids is 1. The molecular formula is C13H13NO3. The van der Waals surface area contributed by atoms with E-state index in [9.17, 15) is 9.59 Å². The second kappa shape index (κ2) is 4.82. The lowest BCUT2D eigenvalue weighted by Gasteiger charge is -2.19. The van der Waals surface area contributed by atoms with Gasteiger partial charge in [0.2, 0.25) is 0 Å². The summed E-state index contributed by atoms with van der Waals surface area (Å²) in [6.45, 7) is 0.659. The van der Waals surface area contributed by atoms with E-state index in [4.69, 9.17) is 5.11 Å². The molecule has 0 saturated carbocycles. The first-order chi connectivity index (χ1) is 8.18. The number of nitrogens with zero attached hydrogens (tertiary/aromatic N) is 1. The molecule has 0 radical (unpaired) electrons. The van der Waals surface area contributed by atoms with Crippen LogP contribution in [0.5, 0.6) is 0 Å². The lowest BCUT2D eigenvalue weighted by Crippen LogP contribution is -2.17. The third-order valence-electron chi connectivity index (χ3n) is 2.71. The number of fused-ring (bicyclic) bond motifs is 1. The zero-order valence-electron chi connectivity index (χ0n) is 9.30. The fourth-order valence-corrected chi connectivity index (χ4v) is 1.93. The first kappa shape index (κ1) is 11.4. The monoisotopic (exact) mass is 231 g/mol. The van der Waals surface area contributed by atoms with Crippen LogP contribution in [-0.4, -0.2) is 23.4 Å². The molecule has 0 saturated heterocycles. The smallest absolute Gasteiger partial charge is 0.329 e. The molecule has 1 aromatic rings. The number of hydrogen-bond donors (Lipinski definition) is 1. The maximum Gasteiger partial charge on any atom is 0.329 e. The molecule has 0 aliphatic carbocycles. The minimum Gasteiger partial charge on any atom is -0.478 e. The number of Topliss-reactive ketones (excluding diaryl/α,β-unsaturated/α-hetero) is 1. The summed E-state index contributed by atoms with van der Waals surface area (Å²) >= 11 is 0. The highest BCUT2D eigenvalue weighted by Crippen LogP contribution is 2.26. The number of hydrogen-bond acceptors (Lipinski definition) is 3. The molecule has 1 aliphatic heterocycles. The Bertz CT molecular complexity index is 479. The molecule has 0 spiro atoms. The topological polar surface area (TPSA) is 57.6 Å². The molecule has 17 heavy (non-hydrogen) atoms. The van der Waals surface area contributed by atoms with E-state index >= 15 is 0 Å². The number of carbonyl (C=O) groups is 2. The Morgan fingerprint density at radius 2 is 2.12 bits per heavy atom. The summed E-state index contributed by atoms with van der Waals surface area (Å²) in [5, 5.41) is 8.63. The van der Waals surface area contributed by atoms with E-state index in [2.05, 4.69) is 0 Å². The van der Waals surface area contributed by atoms with Gasteiger partial charge in [0.05, 0.1) is 5.69 Å². The molecule has 0 unspecified atom stereocenters. The molecule has 0 amide bonds. The van der Waals surface area contributed by atoms with Crippen molar-refractivity contribution < 1.29 is 14.7 Å². The summed E-state index contributed by atoms with van der Waals surface area (Å²) in [5.41, 5.74) is 1.45. The van der Waals surface area contributed by atoms with E-state index in [-0.39, 0.29) is 5.78 Å². The molecule has 4 heteroatoms. The largest absolute Gasteiger partial charge is 0.478 e. The molecule has 1 aromatic carbocycles. The fourth-order valence-electron chi connectivity index (χ4n) is 1.93. The zero-order valence-corrected chi connectivity index (χ0v) is 9.30. The standard InChI is InChI=1S/C13H13NO3/c15-12-6-3-8-14(9-7-13(16)17)11-5-2-1-4-10(11)12/h1-2,4-5,7,9H,3,6,8H2,(H,16,17)/b9-7+. The Kier molecular flexibility index (Phi) is 3.23. The van der Waals surface area contributed by atoms with Crippen LogP contribution in [0.1, 0.15) is 23.2 Å². The number of rotatable bonds is 2. The van der Waals surface area contributed by atoms with Gasteiger partial charge in [-0.1, -0.05) is 12.1 Å². The van der Waals surface area contributed by atoms with Crippen LogP contribution in [0.15, 0.2) is 36.5 Å². The molecule has 0 atom stereocenters. The minimum absolute atomic E-state index is 0.117. The third-order valence-corrected chi connectivity index (χ3v) is 2.71. The average Bonchev–Trinajstić information content (AvgIpc) is 2.47. The molecular weight excluding hydrogens is 218 g/mol. The summed E-state index contributed by atoms with van der Waals surface area (Å²) < 4.78 is 0. The quantitative estimate of drug-likeness (QED) is 0.791. The molecule has 0 aromatic heterocycles. The van der Waals surface area contributed by atoms with E-state index in [1.807, 2.05) is 23.1 Å². The van der Waals surface area contributed by atoms with E-state index in [1.165, 1.54) is 6.20 Å². The van der Waals surface area contributed by atoms with Gasteiger partial charge in [-0.3, -0.25) is 4.79 Å². The number of ketones is 1. The summed E-state index contributed by atoms with van der Waals surface area (Å²) in [4.78, 5) is 24.2. The van der Waals surface area contributed by atoms with Crippen LogP contribution in [0.25, 0.3) is 0 Å². The van der Waals surface area contributed by atoms with Crippen LogP contribution in [0, 0.1) is 0 Å². The van der Waals surface area contributed by atoms with Crippen molar-refractivity contribution in [2.75, 3.05) is 11.4 Å². The molecule has 2 rings (SSSR count). The van der Waals surface area contributed by atoms with Gasteiger partial charge in [-0.15, -0.1) is 0 Å². The molecule has 1 heterocycles. The number of carbonyl (C=O) groups excluding carboxylic acids is 1. The van der Waals surface area contributed by atoms with Crippen molar-refractivity contribution in [3.05, 3.63) is 42.1 Å². The van der Waals surface area contributed by atoms with Crippen molar-refractivity contribution in [1.82, 2.24) is 0 Å². The lowest BCUT2D eigenvalue weighted by atomic mass is 10.1. The van der Waals surface area contributed by atoms with Gasteiger partial charge in [0, 0.05) is 30.8 Å². The predicted molar refractivity (Wildman–Crippen MR) is 64.1 cm³/mol. The van der Waals surface area contributed by atoms with Gasteiger partial charge in [-0.2, -0.15) is 0 Å². The number of aliphatic carboxylic acids is 1. The van der Waals surface area contributed by atoms with Crippen LogP contribution in [-0.2, 0) is 4.79 Å². The molecule has 1 N–H and O–H groups in total. The van der Waals surface area contributed by atoms with Crippen LogP contribution in [0.4, 0.5) is 5.69 Å². The van der Waals surface area contributed by atoms with Crippen LogP contribution >= 0.6 is 0 Å². The Labute approximate surface area is 99.2 Å².